The Hall–Kier alpha value is -2.47. The number of nitrogens with two attached hydrogens (primary N) is 1. The number of hydrazine groups is 1. The van der Waals surface area contributed by atoms with Gasteiger partial charge in [0.25, 0.3) is 5.91 Å². The molecule has 2 aromatic rings. The third-order valence-electron chi connectivity index (χ3n) is 2.64. The number of aryl methyl sites for hydroxylation is 1. The van der Waals surface area contributed by atoms with Gasteiger partial charge in [-0.1, -0.05) is 19.1 Å². The van der Waals surface area contributed by atoms with Crippen molar-refractivity contribution in [3.05, 3.63) is 47.9 Å². The van der Waals surface area contributed by atoms with Gasteiger partial charge in [-0.2, -0.15) is 0 Å². The molecule has 0 unspecified atom stereocenters. The number of hydrogen-bond donors (Lipinski definition) is 3. The number of anilines is 2. The van der Waals surface area contributed by atoms with Crippen LogP contribution in [0.25, 0.3) is 0 Å². The summed E-state index contributed by atoms with van der Waals surface area (Å²) in [6.45, 7) is 2.08. The van der Waals surface area contributed by atoms with Crippen LogP contribution in [0.4, 0.5) is 11.5 Å². The Morgan fingerprint density at radius 1 is 1.26 bits per heavy atom. The fourth-order valence-electron chi connectivity index (χ4n) is 1.56. The molecule has 0 aliphatic heterocycles. The van der Waals surface area contributed by atoms with Crippen LogP contribution in [0.3, 0.4) is 0 Å². The average Bonchev–Trinajstić information content (AvgIpc) is 2.48. The largest absolute Gasteiger partial charge is 0.321 e. The second-order valence-electron chi connectivity index (χ2n) is 3.94. The fourth-order valence-corrected chi connectivity index (χ4v) is 1.56. The van der Waals surface area contributed by atoms with Crippen LogP contribution in [0.1, 0.15) is 23.0 Å². The first-order chi connectivity index (χ1) is 9.22. The molecular weight excluding hydrogens is 242 g/mol. The molecule has 1 aromatic heterocycles. The van der Waals surface area contributed by atoms with Gasteiger partial charge >= 0.3 is 0 Å². The molecule has 0 saturated carbocycles. The Bertz CT molecular complexity index is 568. The lowest BCUT2D eigenvalue weighted by Crippen LogP contribution is -2.16. The Morgan fingerprint density at radius 3 is 2.63 bits per heavy atom. The lowest BCUT2D eigenvalue weighted by atomic mass is 10.1. The van der Waals surface area contributed by atoms with Gasteiger partial charge in [0.1, 0.15) is 5.69 Å². The smallest absolute Gasteiger partial charge is 0.275 e. The highest BCUT2D eigenvalue weighted by Gasteiger charge is 2.08. The van der Waals surface area contributed by atoms with Crippen LogP contribution in [0.5, 0.6) is 0 Å². The minimum absolute atomic E-state index is 0.204. The summed E-state index contributed by atoms with van der Waals surface area (Å²) in [4.78, 5) is 19.8. The molecule has 0 saturated heterocycles. The van der Waals surface area contributed by atoms with Crippen LogP contribution in [0.2, 0.25) is 0 Å². The average molecular weight is 257 g/mol. The number of nitrogen functional groups attached to an aromatic ring is 1. The first-order valence-corrected chi connectivity index (χ1v) is 5.92. The van der Waals surface area contributed by atoms with Crippen molar-refractivity contribution in [2.24, 2.45) is 5.84 Å². The standard InChI is InChI=1S/C13H15N5O/c1-2-9-3-5-10(6-4-9)16-13(19)11-7-15-8-12(17-11)18-14/h3-8H,2,14H2,1H3,(H,16,19)(H,17,18). The molecule has 0 atom stereocenters. The molecule has 6 nitrogen and oxygen atoms in total. The molecule has 0 fully saturated rings. The Morgan fingerprint density at radius 2 is 2.00 bits per heavy atom. The molecule has 0 spiro atoms. The summed E-state index contributed by atoms with van der Waals surface area (Å²) in [6.07, 6.45) is 3.79. The lowest BCUT2D eigenvalue weighted by molar-refractivity contribution is 0.102. The number of aromatic nitrogens is 2. The summed E-state index contributed by atoms with van der Waals surface area (Å²) >= 11 is 0. The number of carbonyl (C=O) groups is 1. The van der Waals surface area contributed by atoms with Crippen molar-refractivity contribution < 1.29 is 4.79 Å². The zero-order chi connectivity index (χ0) is 13.7. The van der Waals surface area contributed by atoms with Crippen LogP contribution in [0, 0.1) is 0 Å². The predicted molar refractivity (Wildman–Crippen MR) is 73.6 cm³/mol. The SMILES string of the molecule is CCc1ccc(NC(=O)c2cncc(NN)n2)cc1. The van der Waals surface area contributed by atoms with Crippen molar-refractivity contribution in [1.82, 2.24) is 9.97 Å². The Labute approximate surface area is 111 Å². The molecule has 0 bridgehead atoms. The molecule has 0 radical (unpaired) electrons. The van der Waals surface area contributed by atoms with Gasteiger partial charge in [-0.25, -0.2) is 10.8 Å². The maximum Gasteiger partial charge on any atom is 0.275 e. The van der Waals surface area contributed by atoms with E-state index in [2.05, 4.69) is 27.6 Å². The summed E-state index contributed by atoms with van der Waals surface area (Å²) in [7, 11) is 0. The number of rotatable bonds is 4. The molecule has 2 rings (SSSR count). The van der Waals surface area contributed by atoms with E-state index in [1.807, 2.05) is 24.3 Å². The lowest BCUT2D eigenvalue weighted by Gasteiger charge is -2.06. The third kappa shape index (κ3) is 3.26. The van der Waals surface area contributed by atoms with Crippen LogP contribution < -0.4 is 16.6 Å². The predicted octanol–water partition coefficient (Wildman–Crippen LogP) is 1.58. The molecule has 6 heteroatoms. The van der Waals surface area contributed by atoms with Crippen LogP contribution >= 0.6 is 0 Å². The van der Waals surface area contributed by atoms with Crippen molar-refractivity contribution in [3.8, 4) is 0 Å². The maximum absolute atomic E-state index is 12.0. The van der Waals surface area contributed by atoms with Crippen LogP contribution in [-0.2, 0) is 6.42 Å². The van der Waals surface area contributed by atoms with Gasteiger partial charge in [0, 0.05) is 5.69 Å². The minimum atomic E-state index is -0.325. The van der Waals surface area contributed by atoms with E-state index in [9.17, 15) is 4.79 Å². The third-order valence-corrected chi connectivity index (χ3v) is 2.64. The summed E-state index contributed by atoms with van der Waals surface area (Å²) in [6, 6.07) is 7.66. The second kappa shape index (κ2) is 5.92. The number of nitrogens with one attached hydrogen (secondary N) is 2. The number of nitrogens with zero attached hydrogens (tertiary/aromatic N) is 2. The van der Waals surface area contributed by atoms with E-state index >= 15 is 0 Å². The van der Waals surface area contributed by atoms with E-state index in [4.69, 9.17) is 5.84 Å². The van der Waals surface area contributed by atoms with Crippen LogP contribution in [0.15, 0.2) is 36.7 Å². The van der Waals surface area contributed by atoms with Crippen molar-refractivity contribution in [1.29, 1.82) is 0 Å². The van der Waals surface area contributed by atoms with E-state index in [0.29, 0.717) is 5.82 Å². The number of amides is 1. The molecule has 1 aromatic carbocycles. The molecule has 1 heterocycles. The van der Waals surface area contributed by atoms with Gasteiger partial charge in [-0.3, -0.25) is 9.78 Å². The van der Waals surface area contributed by atoms with Gasteiger partial charge in [-0.05, 0) is 24.1 Å². The first kappa shape index (κ1) is 13.0. The molecule has 4 N–H and O–H groups in total. The van der Waals surface area contributed by atoms with E-state index in [0.717, 1.165) is 12.1 Å². The Balaban J connectivity index is 2.11. The molecular formula is C13H15N5O. The highest BCUT2D eigenvalue weighted by Crippen LogP contribution is 2.11. The summed E-state index contributed by atoms with van der Waals surface area (Å²) in [5, 5.41) is 2.75. The Kier molecular flexibility index (Phi) is 4.04. The van der Waals surface area contributed by atoms with E-state index in [1.54, 1.807) is 0 Å². The zero-order valence-corrected chi connectivity index (χ0v) is 10.6. The normalized spacial score (nSPS) is 10.0. The van der Waals surface area contributed by atoms with Crippen molar-refractivity contribution in [3.63, 3.8) is 0 Å². The number of benzene rings is 1. The highest BCUT2D eigenvalue weighted by molar-refractivity contribution is 6.02. The van der Waals surface area contributed by atoms with Crippen LogP contribution in [-0.4, -0.2) is 15.9 Å². The molecule has 1 amide bonds. The summed E-state index contributed by atoms with van der Waals surface area (Å²) < 4.78 is 0. The topological polar surface area (TPSA) is 92.9 Å². The van der Waals surface area contributed by atoms with Crippen molar-refractivity contribution in [2.75, 3.05) is 10.7 Å². The monoisotopic (exact) mass is 257 g/mol. The molecule has 0 aliphatic carbocycles. The van der Waals surface area contributed by atoms with Crippen molar-refractivity contribution in [2.45, 2.75) is 13.3 Å². The van der Waals surface area contributed by atoms with Gasteiger partial charge in [0.15, 0.2) is 5.82 Å². The maximum atomic E-state index is 12.0. The molecule has 98 valence electrons. The zero-order valence-electron chi connectivity index (χ0n) is 10.6. The summed E-state index contributed by atoms with van der Waals surface area (Å²) in [5.41, 5.74) is 4.48. The van der Waals surface area contributed by atoms with Gasteiger partial charge in [-0.15, -0.1) is 0 Å². The summed E-state index contributed by atoms with van der Waals surface area (Å²) in [5.74, 6) is 5.24. The van der Waals surface area contributed by atoms with Gasteiger partial charge in [0.05, 0.1) is 12.4 Å². The van der Waals surface area contributed by atoms with E-state index in [1.165, 1.54) is 18.0 Å². The van der Waals surface area contributed by atoms with E-state index in [-0.39, 0.29) is 11.6 Å². The van der Waals surface area contributed by atoms with E-state index < -0.39 is 0 Å². The van der Waals surface area contributed by atoms with Gasteiger partial charge < -0.3 is 10.7 Å². The quantitative estimate of drug-likeness (QED) is 0.571. The van der Waals surface area contributed by atoms with Crippen molar-refractivity contribution >= 4 is 17.4 Å². The number of carbonyl (C=O) groups excluding carboxylic acids is 1. The second-order valence-corrected chi connectivity index (χ2v) is 3.94. The molecule has 19 heavy (non-hydrogen) atoms. The highest BCUT2D eigenvalue weighted by atomic mass is 16.1. The number of hydrogen-bond acceptors (Lipinski definition) is 5. The molecule has 0 aliphatic rings. The minimum Gasteiger partial charge on any atom is -0.321 e. The van der Waals surface area contributed by atoms with Gasteiger partial charge in [0.2, 0.25) is 0 Å². The first-order valence-electron chi connectivity index (χ1n) is 5.92. The fraction of sp³-hybridized carbons (Fsp3) is 0.154.